The minimum absolute atomic E-state index is 0.500. The van der Waals surface area contributed by atoms with Gasteiger partial charge in [0.1, 0.15) is 0 Å². The fraction of sp³-hybridized carbons (Fsp3) is 0.400. The van der Waals surface area contributed by atoms with Crippen LogP contribution in [-0.2, 0) is 0 Å². The molecular weight excluding hydrogens is 254 g/mol. The Labute approximate surface area is 118 Å². The van der Waals surface area contributed by atoms with E-state index < -0.39 is 0 Å². The topological polar surface area (TPSA) is 19.4 Å². The van der Waals surface area contributed by atoms with Crippen molar-refractivity contribution in [3.8, 4) is 0 Å². The van der Waals surface area contributed by atoms with Crippen LogP contribution >= 0.6 is 11.3 Å². The second kappa shape index (κ2) is 5.72. The maximum atomic E-state index is 4.39. The first kappa shape index (κ1) is 12.6. The fourth-order valence-corrected chi connectivity index (χ4v) is 3.31. The fourth-order valence-electron chi connectivity index (χ4n) is 2.61. The van der Waals surface area contributed by atoms with E-state index in [1.807, 2.05) is 11.6 Å². The second-order valence-corrected chi connectivity index (χ2v) is 5.80. The summed E-state index contributed by atoms with van der Waals surface area (Å²) in [4.78, 5) is 9.34. The average Bonchev–Trinajstić information content (AvgIpc) is 3.02. The van der Waals surface area contributed by atoms with E-state index in [0.29, 0.717) is 6.04 Å². The summed E-state index contributed by atoms with van der Waals surface area (Å²) in [6.07, 6.45) is 1.89. The van der Waals surface area contributed by atoms with E-state index in [0.717, 1.165) is 31.3 Å². The highest BCUT2D eigenvalue weighted by Gasteiger charge is 2.22. The minimum atomic E-state index is 0.500. The van der Waals surface area contributed by atoms with Crippen molar-refractivity contribution in [1.82, 2.24) is 9.88 Å². The first-order valence-electron chi connectivity index (χ1n) is 6.78. The number of rotatable bonds is 3. The lowest BCUT2D eigenvalue weighted by molar-refractivity contribution is 0.198. The SMILES string of the molecule is C[C@@H](c1ccccc1)N1CCN(c2nccs2)CC1. The van der Waals surface area contributed by atoms with Crippen molar-refractivity contribution >= 4 is 16.5 Å². The van der Waals surface area contributed by atoms with Gasteiger partial charge in [-0.05, 0) is 12.5 Å². The quantitative estimate of drug-likeness (QED) is 0.857. The van der Waals surface area contributed by atoms with Crippen LogP contribution in [0.5, 0.6) is 0 Å². The van der Waals surface area contributed by atoms with Gasteiger partial charge in [-0.25, -0.2) is 4.98 Å². The van der Waals surface area contributed by atoms with Crippen LogP contribution in [-0.4, -0.2) is 36.1 Å². The number of aromatic nitrogens is 1. The lowest BCUT2D eigenvalue weighted by Crippen LogP contribution is -2.47. The summed E-state index contributed by atoms with van der Waals surface area (Å²) in [5.41, 5.74) is 1.41. The molecule has 2 heterocycles. The molecule has 0 aliphatic carbocycles. The van der Waals surface area contributed by atoms with Gasteiger partial charge < -0.3 is 4.90 Å². The first-order chi connectivity index (χ1) is 9.34. The Hall–Kier alpha value is -1.39. The Morgan fingerprint density at radius 1 is 1.11 bits per heavy atom. The highest BCUT2D eigenvalue weighted by molar-refractivity contribution is 7.13. The van der Waals surface area contributed by atoms with Crippen LogP contribution in [0.2, 0.25) is 0 Å². The minimum Gasteiger partial charge on any atom is -0.346 e. The van der Waals surface area contributed by atoms with Gasteiger partial charge >= 0.3 is 0 Å². The predicted octanol–water partition coefficient (Wildman–Crippen LogP) is 3.03. The molecule has 1 aliphatic heterocycles. The zero-order valence-electron chi connectivity index (χ0n) is 11.2. The Balaban J connectivity index is 1.61. The first-order valence-corrected chi connectivity index (χ1v) is 7.66. The van der Waals surface area contributed by atoms with E-state index >= 15 is 0 Å². The molecule has 1 aliphatic rings. The number of nitrogens with zero attached hydrogens (tertiary/aromatic N) is 3. The van der Waals surface area contributed by atoms with Gasteiger partial charge in [0.05, 0.1) is 0 Å². The van der Waals surface area contributed by atoms with Crippen molar-refractivity contribution < 1.29 is 0 Å². The molecule has 3 rings (SSSR count). The molecule has 1 atom stereocenters. The molecule has 1 aromatic heterocycles. The summed E-state index contributed by atoms with van der Waals surface area (Å²) in [7, 11) is 0. The number of hydrogen-bond acceptors (Lipinski definition) is 4. The molecule has 0 amide bonds. The van der Waals surface area contributed by atoms with Crippen LogP contribution in [0.25, 0.3) is 0 Å². The highest BCUT2D eigenvalue weighted by Crippen LogP contribution is 2.24. The number of thiazole rings is 1. The maximum absolute atomic E-state index is 4.39. The third-order valence-electron chi connectivity index (χ3n) is 3.83. The molecule has 19 heavy (non-hydrogen) atoms. The highest BCUT2D eigenvalue weighted by atomic mass is 32.1. The van der Waals surface area contributed by atoms with E-state index in [-0.39, 0.29) is 0 Å². The van der Waals surface area contributed by atoms with Gasteiger partial charge in [0.25, 0.3) is 0 Å². The van der Waals surface area contributed by atoms with Gasteiger partial charge in [-0.1, -0.05) is 30.3 Å². The van der Waals surface area contributed by atoms with E-state index in [9.17, 15) is 0 Å². The third kappa shape index (κ3) is 2.80. The molecular formula is C15H19N3S. The van der Waals surface area contributed by atoms with Gasteiger partial charge in [-0.3, -0.25) is 4.90 Å². The molecule has 100 valence electrons. The van der Waals surface area contributed by atoms with E-state index in [4.69, 9.17) is 0 Å². The van der Waals surface area contributed by atoms with Crippen molar-refractivity contribution in [2.24, 2.45) is 0 Å². The van der Waals surface area contributed by atoms with Gasteiger partial charge in [0.15, 0.2) is 5.13 Å². The Kier molecular flexibility index (Phi) is 3.80. The van der Waals surface area contributed by atoms with Crippen LogP contribution in [0.4, 0.5) is 5.13 Å². The van der Waals surface area contributed by atoms with Gasteiger partial charge in [-0.15, -0.1) is 11.3 Å². The summed E-state index contributed by atoms with van der Waals surface area (Å²) in [5.74, 6) is 0. The van der Waals surface area contributed by atoms with Crippen LogP contribution in [0, 0.1) is 0 Å². The van der Waals surface area contributed by atoms with E-state index in [1.165, 1.54) is 5.56 Å². The van der Waals surface area contributed by atoms with Crippen molar-refractivity contribution in [2.45, 2.75) is 13.0 Å². The molecule has 2 aromatic rings. The standard InChI is InChI=1S/C15H19N3S/c1-13(14-5-3-2-4-6-14)17-8-10-18(11-9-17)15-16-7-12-19-15/h2-7,12-13H,8-11H2,1H3/t13-/m0/s1. The van der Waals surface area contributed by atoms with Crippen molar-refractivity contribution in [3.05, 3.63) is 47.5 Å². The average molecular weight is 273 g/mol. The third-order valence-corrected chi connectivity index (χ3v) is 4.67. The largest absolute Gasteiger partial charge is 0.346 e. The second-order valence-electron chi connectivity index (χ2n) is 4.92. The Bertz CT molecular complexity index is 489. The van der Waals surface area contributed by atoms with Crippen molar-refractivity contribution in [3.63, 3.8) is 0 Å². The van der Waals surface area contributed by atoms with E-state index in [2.05, 4.69) is 52.0 Å². The molecule has 1 fully saturated rings. The van der Waals surface area contributed by atoms with Gasteiger partial charge in [-0.2, -0.15) is 0 Å². The molecule has 0 N–H and O–H groups in total. The Morgan fingerprint density at radius 2 is 1.84 bits per heavy atom. The summed E-state index contributed by atoms with van der Waals surface area (Å²) in [6.45, 7) is 6.66. The maximum Gasteiger partial charge on any atom is 0.185 e. The smallest absolute Gasteiger partial charge is 0.185 e. The van der Waals surface area contributed by atoms with Crippen LogP contribution in [0.3, 0.4) is 0 Å². The monoisotopic (exact) mass is 273 g/mol. The number of hydrogen-bond donors (Lipinski definition) is 0. The molecule has 0 bridgehead atoms. The van der Waals surface area contributed by atoms with Crippen molar-refractivity contribution in [2.75, 3.05) is 31.1 Å². The van der Waals surface area contributed by atoms with Gasteiger partial charge in [0.2, 0.25) is 0 Å². The molecule has 3 nitrogen and oxygen atoms in total. The van der Waals surface area contributed by atoms with E-state index in [1.54, 1.807) is 11.3 Å². The molecule has 0 radical (unpaired) electrons. The molecule has 0 unspecified atom stereocenters. The number of anilines is 1. The normalized spacial score (nSPS) is 18.5. The lowest BCUT2D eigenvalue weighted by atomic mass is 10.1. The lowest BCUT2D eigenvalue weighted by Gasteiger charge is -2.38. The number of piperazine rings is 1. The van der Waals surface area contributed by atoms with Crippen molar-refractivity contribution in [1.29, 1.82) is 0 Å². The zero-order valence-corrected chi connectivity index (χ0v) is 12.0. The molecule has 0 saturated carbocycles. The van der Waals surface area contributed by atoms with Crippen LogP contribution < -0.4 is 4.90 Å². The summed E-state index contributed by atoms with van der Waals surface area (Å²) >= 11 is 1.73. The molecule has 1 aromatic carbocycles. The molecule has 1 saturated heterocycles. The molecule has 4 heteroatoms. The summed E-state index contributed by atoms with van der Waals surface area (Å²) in [6, 6.07) is 11.3. The van der Waals surface area contributed by atoms with Crippen LogP contribution in [0.1, 0.15) is 18.5 Å². The summed E-state index contributed by atoms with van der Waals surface area (Å²) in [5, 5.41) is 3.21. The zero-order chi connectivity index (χ0) is 13.1. The number of benzene rings is 1. The Morgan fingerprint density at radius 3 is 2.47 bits per heavy atom. The molecule has 0 spiro atoms. The predicted molar refractivity (Wildman–Crippen MR) is 80.8 cm³/mol. The summed E-state index contributed by atoms with van der Waals surface area (Å²) < 4.78 is 0. The van der Waals surface area contributed by atoms with Crippen LogP contribution in [0.15, 0.2) is 41.9 Å². The van der Waals surface area contributed by atoms with Gasteiger partial charge in [0, 0.05) is 43.8 Å².